The summed E-state index contributed by atoms with van der Waals surface area (Å²) in [5.41, 5.74) is 0.839. The number of rotatable bonds is 4. The molecule has 6 heteroatoms. The zero-order valence-electron chi connectivity index (χ0n) is 11.0. The van der Waals surface area contributed by atoms with Gasteiger partial charge in [0.15, 0.2) is 0 Å². The lowest BCUT2D eigenvalue weighted by atomic mass is 10.2. The molecule has 0 saturated heterocycles. The maximum absolute atomic E-state index is 11.5. The first-order chi connectivity index (χ1) is 9.04. The maximum Gasteiger partial charge on any atom is 0.339 e. The van der Waals surface area contributed by atoms with Crippen molar-refractivity contribution >= 4 is 17.7 Å². The number of carboxylic acid groups (broad SMARTS) is 1. The van der Waals surface area contributed by atoms with Crippen LogP contribution in [0.2, 0.25) is 0 Å². The topological polar surface area (TPSA) is 68.0 Å². The van der Waals surface area contributed by atoms with E-state index < -0.39 is 5.97 Å². The Morgan fingerprint density at radius 3 is 2.68 bits per heavy atom. The highest BCUT2D eigenvalue weighted by Gasteiger charge is 2.19. The lowest BCUT2D eigenvalue weighted by Gasteiger charge is -2.11. The first kappa shape index (κ1) is 13.6. The monoisotopic (exact) mass is 277 g/mol. The van der Waals surface area contributed by atoms with Gasteiger partial charge in [-0.1, -0.05) is 13.0 Å². The van der Waals surface area contributed by atoms with Crippen LogP contribution in [-0.2, 0) is 0 Å². The van der Waals surface area contributed by atoms with Crippen LogP contribution in [0.15, 0.2) is 23.1 Å². The molecule has 0 unspecified atom stereocenters. The van der Waals surface area contributed by atoms with Gasteiger partial charge < -0.3 is 5.11 Å². The van der Waals surface area contributed by atoms with Crippen LogP contribution >= 0.6 is 11.8 Å². The van der Waals surface area contributed by atoms with E-state index in [0.717, 1.165) is 10.6 Å². The molecule has 1 aromatic heterocycles. The summed E-state index contributed by atoms with van der Waals surface area (Å²) in [5, 5.41) is 13.7. The third-order valence-electron chi connectivity index (χ3n) is 2.62. The molecule has 0 aliphatic rings. The summed E-state index contributed by atoms with van der Waals surface area (Å²) in [5.74, 6) is 1.18. The second-order valence-electron chi connectivity index (χ2n) is 4.01. The molecule has 0 spiro atoms. The highest BCUT2D eigenvalue weighted by atomic mass is 32.2. The molecule has 2 rings (SSSR count). The Kier molecular flexibility index (Phi) is 3.90. The van der Waals surface area contributed by atoms with E-state index in [4.69, 9.17) is 0 Å². The first-order valence-electron chi connectivity index (χ1n) is 5.94. The molecular weight excluding hydrogens is 262 g/mol. The van der Waals surface area contributed by atoms with Crippen molar-refractivity contribution in [2.45, 2.75) is 25.7 Å². The van der Waals surface area contributed by atoms with Crippen LogP contribution in [0.1, 0.15) is 28.9 Å². The molecule has 1 N–H and O–H groups in total. The first-order valence-corrected chi connectivity index (χ1v) is 6.93. The Labute approximate surface area is 115 Å². The number of carbonyl (C=O) groups is 1. The van der Waals surface area contributed by atoms with E-state index in [2.05, 4.69) is 10.1 Å². The third kappa shape index (κ3) is 2.63. The van der Waals surface area contributed by atoms with Gasteiger partial charge in [-0.25, -0.2) is 14.5 Å². The quantitative estimate of drug-likeness (QED) is 0.870. The van der Waals surface area contributed by atoms with Crippen molar-refractivity contribution in [1.29, 1.82) is 0 Å². The molecule has 19 heavy (non-hydrogen) atoms. The van der Waals surface area contributed by atoms with Crippen molar-refractivity contribution in [3.63, 3.8) is 0 Å². The molecule has 0 aliphatic heterocycles. The predicted molar refractivity (Wildman–Crippen MR) is 74.2 cm³/mol. The van der Waals surface area contributed by atoms with Crippen LogP contribution in [0.3, 0.4) is 0 Å². The maximum atomic E-state index is 11.5. The molecule has 1 aromatic carbocycles. The summed E-state index contributed by atoms with van der Waals surface area (Å²) >= 11 is 1.51. The van der Waals surface area contributed by atoms with Gasteiger partial charge in [0.25, 0.3) is 0 Å². The van der Waals surface area contributed by atoms with Gasteiger partial charge >= 0.3 is 5.97 Å². The van der Waals surface area contributed by atoms with Crippen LogP contribution < -0.4 is 0 Å². The zero-order chi connectivity index (χ0) is 14.0. The lowest BCUT2D eigenvalue weighted by molar-refractivity contribution is 0.0693. The van der Waals surface area contributed by atoms with E-state index in [1.165, 1.54) is 11.8 Å². The van der Waals surface area contributed by atoms with Gasteiger partial charge in [-0.05, 0) is 31.7 Å². The smallest absolute Gasteiger partial charge is 0.339 e. The number of carboxylic acids is 1. The minimum absolute atomic E-state index is 0.280. The molecular formula is C13H15N3O2S. The average Bonchev–Trinajstić information content (AvgIpc) is 2.68. The summed E-state index contributed by atoms with van der Waals surface area (Å²) in [7, 11) is 0. The molecule has 2 aromatic rings. The number of benzene rings is 1. The Hall–Kier alpha value is -1.82. The Morgan fingerprint density at radius 2 is 2.16 bits per heavy atom. The lowest BCUT2D eigenvalue weighted by Crippen LogP contribution is -2.09. The molecule has 0 aliphatic carbocycles. The molecule has 1 heterocycles. The fraction of sp³-hybridized carbons (Fsp3) is 0.308. The van der Waals surface area contributed by atoms with Gasteiger partial charge in [-0.3, -0.25) is 0 Å². The molecule has 0 amide bonds. The predicted octanol–water partition coefficient (Wildman–Crippen LogP) is 2.69. The highest BCUT2D eigenvalue weighted by Crippen LogP contribution is 2.27. The van der Waals surface area contributed by atoms with Gasteiger partial charge in [0.2, 0.25) is 0 Å². The number of aromatic nitrogens is 3. The van der Waals surface area contributed by atoms with Crippen molar-refractivity contribution < 1.29 is 9.90 Å². The molecule has 0 fully saturated rings. The molecule has 0 radical (unpaired) electrons. The van der Waals surface area contributed by atoms with Gasteiger partial charge in [0.1, 0.15) is 11.6 Å². The van der Waals surface area contributed by atoms with Crippen molar-refractivity contribution in [1.82, 2.24) is 14.8 Å². The fourth-order valence-electron chi connectivity index (χ4n) is 1.94. The molecule has 100 valence electrons. The molecule has 5 nitrogen and oxygen atoms in total. The van der Waals surface area contributed by atoms with Crippen LogP contribution in [0.4, 0.5) is 0 Å². The largest absolute Gasteiger partial charge is 0.478 e. The Bertz CT molecular complexity index is 622. The van der Waals surface area contributed by atoms with Crippen molar-refractivity contribution in [2.75, 3.05) is 5.75 Å². The summed E-state index contributed by atoms with van der Waals surface area (Å²) in [4.78, 5) is 16.5. The van der Waals surface area contributed by atoms with Crippen molar-refractivity contribution in [3.05, 3.63) is 35.4 Å². The Balaban J connectivity index is 2.66. The number of aryl methyl sites for hydroxylation is 2. The van der Waals surface area contributed by atoms with E-state index in [-0.39, 0.29) is 5.56 Å². The number of nitrogens with zero attached hydrogens (tertiary/aromatic N) is 3. The summed E-state index contributed by atoms with van der Waals surface area (Å²) in [6.45, 7) is 5.59. The van der Waals surface area contributed by atoms with Crippen molar-refractivity contribution in [2.24, 2.45) is 0 Å². The molecule has 0 atom stereocenters. The highest BCUT2D eigenvalue weighted by molar-refractivity contribution is 7.99. The second-order valence-corrected chi connectivity index (χ2v) is 5.31. The van der Waals surface area contributed by atoms with E-state index in [0.29, 0.717) is 17.3 Å². The normalized spacial score (nSPS) is 10.7. The average molecular weight is 277 g/mol. The number of aromatic carboxylic acids is 1. The van der Waals surface area contributed by atoms with Crippen LogP contribution in [-0.4, -0.2) is 31.6 Å². The van der Waals surface area contributed by atoms with Crippen LogP contribution in [0, 0.1) is 13.8 Å². The molecule has 0 bridgehead atoms. The SMILES string of the molecule is CCSc1cccc(-n2nc(C)nc2C)c1C(=O)O. The van der Waals surface area contributed by atoms with Gasteiger partial charge in [-0.15, -0.1) is 11.8 Å². The zero-order valence-corrected chi connectivity index (χ0v) is 11.9. The fourth-order valence-corrected chi connectivity index (χ4v) is 2.76. The standard InChI is InChI=1S/C13H15N3O2S/c1-4-19-11-7-5-6-10(12(11)13(17)18)16-9(3)14-8(2)15-16/h5-7H,4H2,1-3H3,(H,17,18). The van der Waals surface area contributed by atoms with E-state index in [1.54, 1.807) is 17.7 Å². The second kappa shape index (κ2) is 5.44. The van der Waals surface area contributed by atoms with E-state index in [9.17, 15) is 9.90 Å². The van der Waals surface area contributed by atoms with Crippen LogP contribution in [0.25, 0.3) is 5.69 Å². The van der Waals surface area contributed by atoms with E-state index >= 15 is 0 Å². The third-order valence-corrected chi connectivity index (χ3v) is 3.56. The number of hydrogen-bond donors (Lipinski definition) is 1. The van der Waals surface area contributed by atoms with Crippen molar-refractivity contribution in [3.8, 4) is 5.69 Å². The molecule has 0 saturated carbocycles. The summed E-state index contributed by atoms with van der Waals surface area (Å²) in [6, 6.07) is 5.42. The summed E-state index contributed by atoms with van der Waals surface area (Å²) in [6.07, 6.45) is 0. The number of hydrogen-bond acceptors (Lipinski definition) is 4. The minimum Gasteiger partial charge on any atom is -0.478 e. The van der Waals surface area contributed by atoms with Gasteiger partial charge in [-0.2, -0.15) is 5.10 Å². The van der Waals surface area contributed by atoms with Crippen LogP contribution in [0.5, 0.6) is 0 Å². The van der Waals surface area contributed by atoms with E-state index in [1.807, 2.05) is 26.0 Å². The van der Waals surface area contributed by atoms with Gasteiger partial charge in [0.05, 0.1) is 11.3 Å². The van der Waals surface area contributed by atoms with Gasteiger partial charge in [0, 0.05) is 4.90 Å². The number of thioether (sulfide) groups is 1. The summed E-state index contributed by atoms with van der Waals surface area (Å²) < 4.78 is 1.58. The minimum atomic E-state index is -0.945. The Morgan fingerprint density at radius 1 is 1.42 bits per heavy atom.